The Morgan fingerprint density at radius 1 is 1.16 bits per heavy atom. The van der Waals surface area contributed by atoms with Crippen LogP contribution in [0.15, 0.2) is 34.8 Å². The Balaban J connectivity index is 2.36. The summed E-state index contributed by atoms with van der Waals surface area (Å²) in [5, 5.41) is 11.8. The second-order valence-electron chi connectivity index (χ2n) is 3.65. The lowest BCUT2D eigenvalue weighted by atomic mass is 10.2. The summed E-state index contributed by atoms with van der Waals surface area (Å²) >= 11 is 9.07. The molecule has 19 heavy (non-hydrogen) atoms. The first kappa shape index (κ1) is 13.8. The molecule has 96 valence electrons. The van der Waals surface area contributed by atoms with Crippen molar-refractivity contribution in [3.05, 3.63) is 57.0 Å². The van der Waals surface area contributed by atoms with Crippen LogP contribution in [0.4, 0.5) is 20.2 Å². The van der Waals surface area contributed by atoms with Crippen LogP contribution in [0, 0.1) is 23.0 Å². The Morgan fingerprint density at radius 3 is 2.53 bits per heavy atom. The number of rotatable bonds is 2. The minimum atomic E-state index is -1.17. The molecular weight excluding hydrogens is 338 g/mol. The zero-order valence-corrected chi connectivity index (χ0v) is 11.7. The standard InChI is InChI=1S/C13H6BrClF2N2/c14-9-5-8(2-3-10(9)15)19-11-4-1-7(6-18)12(16)13(11)17/h1-5,19H. The number of nitriles is 1. The van der Waals surface area contributed by atoms with E-state index in [9.17, 15) is 8.78 Å². The van der Waals surface area contributed by atoms with Crippen molar-refractivity contribution >= 4 is 38.9 Å². The van der Waals surface area contributed by atoms with E-state index in [0.717, 1.165) is 0 Å². The number of nitrogens with one attached hydrogen (secondary N) is 1. The predicted octanol–water partition coefficient (Wildman–Crippen LogP) is 5.00. The SMILES string of the molecule is N#Cc1ccc(Nc2ccc(Cl)c(Br)c2)c(F)c1F. The quantitative estimate of drug-likeness (QED) is 0.833. The highest BCUT2D eigenvalue weighted by Gasteiger charge is 2.13. The lowest BCUT2D eigenvalue weighted by molar-refractivity contribution is 0.509. The van der Waals surface area contributed by atoms with Gasteiger partial charge in [-0.25, -0.2) is 8.78 Å². The molecule has 0 aliphatic rings. The van der Waals surface area contributed by atoms with Gasteiger partial charge < -0.3 is 5.32 Å². The lowest BCUT2D eigenvalue weighted by Crippen LogP contribution is -1.98. The van der Waals surface area contributed by atoms with Gasteiger partial charge in [-0.1, -0.05) is 11.6 Å². The Bertz CT molecular complexity index is 683. The highest BCUT2D eigenvalue weighted by Crippen LogP contribution is 2.29. The fraction of sp³-hybridized carbons (Fsp3) is 0. The van der Waals surface area contributed by atoms with Crippen molar-refractivity contribution in [3.63, 3.8) is 0 Å². The molecule has 0 spiro atoms. The van der Waals surface area contributed by atoms with E-state index in [2.05, 4.69) is 21.2 Å². The Labute approximate surface area is 121 Å². The van der Waals surface area contributed by atoms with Gasteiger partial charge in [-0.05, 0) is 46.3 Å². The van der Waals surface area contributed by atoms with Crippen LogP contribution in [0.3, 0.4) is 0 Å². The van der Waals surface area contributed by atoms with E-state index in [0.29, 0.717) is 15.2 Å². The molecule has 0 atom stereocenters. The lowest BCUT2D eigenvalue weighted by Gasteiger charge is -2.09. The molecule has 0 saturated heterocycles. The van der Waals surface area contributed by atoms with Gasteiger partial charge in [0.05, 0.1) is 16.3 Å². The predicted molar refractivity (Wildman–Crippen MR) is 73.5 cm³/mol. The fourth-order valence-corrected chi connectivity index (χ4v) is 1.96. The van der Waals surface area contributed by atoms with Crippen molar-refractivity contribution in [2.24, 2.45) is 0 Å². The first-order chi connectivity index (χ1) is 9.02. The zero-order chi connectivity index (χ0) is 14.0. The number of nitrogens with zero attached hydrogens (tertiary/aromatic N) is 1. The van der Waals surface area contributed by atoms with Crippen LogP contribution in [0.5, 0.6) is 0 Å². The molecule has 2 aromatic carbocycles. The van der Waals surface area contributed by atoms with E-state index < -0.39 is 11.6 Å². The van der Waals surface area contributed by atoms with Gasteiger partial charge in [-0.2, -0.15) is 5.26 Å². The molecule has 2 nitrogen and oxygen atoms in total. The maximum absolute atomic E-state index is 13.7. The molecule has 0 unspecified atom stereocenters. The summed E-state index contributed by atoms with van der Waals surface area (Å²) in [5.41, 5.74) is 0.158. The molecule has 2 aromatic rings. The first-order valence-corrected chi connectivity index (χ1v) is 6.30. The largest absolute Gasteiger partial charge is 0.353 e. The molecule has 0 aliphatic carbocycles. The number of halogens is 4. The normalized spacial score (nSPS) is 10.1. The fourth-order valence-electron chi connectivity index (χ4n) is 1.46. The Kier molecular flexibility index (Phi) is 4.03. The molecule has 0 aliphatic heterocycles. The van der Waals surface area contributed by atoms with Crippen molar-refractivity contribution in [1.29, 1.82) is 5.26 Å². The van der Waals surface area contributed by atoms with Crippen LogP contribution in [0.25, 0.3) is 0 Å². The van der Waals surface area contributed by atoms with Crippen LogP contribution in [0.2, 0.25) is 5.02 Å². The van der Waals surface area contributed by atoms with Crippen LogP contribution in [-0.4, -0.2) is 0 Å². The van der Waals surface area contributed by atoms with Crippen molar-refractivity contribution in [2.75, 3.05) is 5.32 Å². The van der Waals surface area contributed by atoms with Crippen LogP contribution in [-0.2, 0) is 0 Å². The van der Waals surface area contributed by atoms with E-state index in [1.165, 1.54) is 12.1 Å². The summed E-state index contributed by atoms with van der Waals surface area (Å²) in [6, 6.07) is 8.98. The highest BCUT2D eigenvalue weighted by molar-refractivity contribution is 9.10. The summed E-state index contributed by atoms with van der Waals surface area (Å²) in [6.07, 6.45) is 0. The molecule has 1 N–H and O–H groups in total. The Hall–Kier alpha value is -1.64. The van der Waals surface area contributed by atoms with E-state index in [1.807, 2.05) is 0 Å². The molecule has 2 rings (SSSR count). The number of benzene rings is 2. The molecular formula is C13H6BrClF2N2. The molecule has 0 fully saturated rings. The molecule has 0 bridgehead atoms. The number of hydrogen-bond donors (Lipinski definition) is 1. The van der Waals surface area contributed by atoms with Gasteiger partial charge in [-0.15, -0.1) is 0 Å². The average molecular weight is 344 g/mol. The topological polar surface area (TPSA) is 35.8 Å². The van der Waals surface area contributed by atoms with Crippen LogP contribution in [0.1, 0.15) is 5.56 Å². The van der Waals surface area contributed by atoms with Gasteiger partial charge in [0.1, 0.15) is 6.07 Å². The number of hydrogen-bond acceptors (Lipinski definition) is 2. The molecule has 0 saturated carbocycles. The van der Waals surface area contributed by atoms with Gasteiger partial charge in [0.15, 0.2) is 11.6 Å². The third kappa shape index (κ3) is 2.86. The van der Waals surface area contributed by atoms with Gasteiger partial charge >= 0.3 is 0 Å². The van der Waals surface area contributed by atoms with E-state index in [1.54, 1.807) is 24.3 Å². The van der Waals surface area contributed by atoms with Gasteiger partial charge in [-0.3, -0.25) is 0 Å². The zero-order valence-electron chi connectivity index (χ0n) is 9.35. The van der Waals surface area contributed by atoms with Crippen molar-refractivity contribution in [2.45, 2.75) is 0 Å². The van der Waals surface area contributed by atoms with E-state index in [4.69, 9.17) is 16.9 Å². The van der Waals surface area contributed by atoms with Gasteiger partial charge in [0, 0.05) is 10.2 Å². The van der Waals surface area contributed by atoms with Crippen molar-refractivity contribution < 1.29 is 8.78 Å². The molecule has 0 aromatic heterocycles. The number of anilines is 2. The Morgan fingerprint density at radius 2 is 1.89 bits per heavy atom. The first-order valence-electron chi connectivity index (χ1n) is 5.13. The van der Waals surface area contributed by atoms with Crippen molar-refractivity contribution in [1.82, 2.24) is 0 Å². The summed E-state index contributed by atoms with van der Waals surface area (Å²) in [6.45, 7) is 0. The second-order valence-corrected chi connectivity index (χ2v) is 4.92. The molecule has 0 heterocycles. The van der Waals surface area contributed by atoms with E-state index in [-0.39, 0.29) is 11.3 Å². The summed E-state index contributed by atoms with van der Waals surface area (Å²) in [7, 11) is 0. The van der Waals surface area contributed by atoms with Crippen molar-refractivity contribution in [3.8, 4) is 6.07 Å². The molecule has 0 radical (unpaired) electrons. The monoisotopic (exact) mass is 342 g/mol. The summed E-state index contributed by atoms with van der Waals surface area (Å²) in [4.78, 5) is 0. The second kappa shape index (κ2) is 5.55. The average Bonchev–Trinajstić information content (AvgIpc) is 2.40. The maximum atomic E-state index is 13.7. The maximum Gasteiger partial charge on any atom is 0.183 e. The van der Waals surface area contributed by atoms with Crippen LogP contribution >= 0.6 is 27.5 Å². The third-order valence-electron chi connectivity index (χ3n) is 2.40. The van der Waals surface area contributed by atoms with Gasteiger partial charge in [0.2, 0.25) is 0 Å². The smallest absolute Gasteiger partial charge is 0.183 e. The minimum absolute atomic E-state index is 0.0503. The highest BCUT2D eigenvalue weighted by atomic mass is 79.9. The third-order valence-corrected chi connectivity index (χ3v) is 3.62. The summed E-state index contributed by atoms with van der Waals surface area (Å²) in [5.74, 6) is -2.26. The van der Waals surface area contributed by atoms with Crippen LogP contribution < -0.4 is 5.32 Å². The minimum Gasteiger partial charge on any atom is -0.353 e. The van der Waals surface area contributed by atoms with E-state index >= 15 is 0 Å². The summed E-state index contributed by atoms with van der Waals surface area (Å²) < 4.78 is 27.8. The molecule has 0 amide bonds. The molecule has 6 heteroatoms. The van der Waals surface area contributed by atoms with Gasteiger partial charge in [0.25, 0.3) is 0 Å².